The Bertz CT molecular complexity index is 1630. The predicted octanol–water partition coefficient (Wildman–Crippen LogP) is 12.4. The third-order valence-corrected chi connectivity index (χ3v) is 13.2. The second-order valence-electron chi connectivity index (χ2n) is 9.02. The van der Waals surface area contributed by atoms with Crippen LogP contribution in [0, 0.1) is 25.2 Å². The minimum Gasteiger partial charge on any atom is -0.192 e. The van der Waals surface area contributed by atoms with Crippen molar-refractivity contribution >= 4 is 97.5 Å². The molecule has 1 aliphatic rings. The second kappa shape index (κ2) is 11.9. The van der Waals surface area contributed by atoms with Gasteiger partial charge >= 0.3 is 0 Å². The van der Waals surface area contributed by atoms with Gasteiger partial charge in [-0.05, 0) is 98.4 Å². The van der Waals surface area contributed by atoms with Crippen molar-refractivity contribution in [2.24, 2.45) is 0 Å². The topological polar surface area (TPSA) is 23.8 Å². The van der Waals surface area contributed by atoms with Gasteiger partial charge in [0.2, 0.25) is 0 Å². The Balaban J connectivity index is 1.43. The van der Waals surface area contributed by atoms with E-state index in [1.165, 1.54) is 46.0 Å². The molecule has 0 aromatic carbocycles. The Morgan fingerprint density at radius 1 is 1.00 bits per heavy atom. The van der Waals surface area contributed by atoms with E-state index in [1.807, 2.05) is 28.7 Å². The summed E-state index contributed by atoms with van der Waals surface area (Å²) in [7, 11) is 0. The van der Waals surface area contributed by atoms with Crippen LogP contribution in [0.4, 0.5) is 0 Å². The molecule has 5 rings (SSSR count). The average Bonchev–Trinajstić information content (AvgIpc) is 3.71. The quantitative estimate of drug-likeness (QED) is 0.150. The molecule has 0 radical (unpaired) electrons. The van der Waals surface area contributed by atoms with Gasteiger partial charge in [0.1, 0.15) is 6.07 Å². The summed E-state index contributed by atoms with van der Waals surface area (Å²) in [5.41, 5.74) is 5.63. The highest BCUT2D eigenvalue weighted by Gasteiger charge is 2.22. The summed E-state index contributed by atoms with van der Waals surface area (Å²) in [6, 6.07) is 15.5. The fourth-order valence-electron chi connectivity index (χ4n) is 4.36. The molecular weight excluding hydrogens is 606 g/mol. The largest absolute Gasteiger partial charge is 0.192 e. The van der Waals surface area contributed by atoms with E-state index in [9.17, 15) is 5.26 Å². The number of thioether (sulfide) groups is 1. The van der Waals surface area contributed by atoms with E-state index >= 15 is 0 Å². The van der Waals surface area contributed by atoms with Crippen molar-refractivity contribution in [1.29, 1.82) is 5.26 Å². The summed E-state index contributed by atoms with van der Waals surface area (Å²) in [5.74, 6) is 0. The number of halogens is 2. The number of rotatable bonds is 7. The summed E-state index contributed by atoms with van der Waals surface area (Å²) < 4.78 is 0.847. The maximum absolute atomic E-state index is 9.88. The monoisotopic (exact) mass is 629 g/mol. The van der Waals surface area contributed by atoms with Gasteiger partial charge in [-0.2, -0.15) is 5.26 Å². The summed E-state index contributed by atoms with van der Waals surface area (Å²) in [6.07, 6.45) is 6.16. The summed E-state index contributed by atoms with van der Waals surface area (Å²) in [6.45, 7) is 8.60. The lowest BCUT2D eigenvalue weighted by Gasteiger charge is -2.05. The van der Waals surface area contributed by atoms with Gasteiger partial charge in [-0.3, -0.25) is 0 Å². The van der Waals surface area contributed by atoms with Crippen molar-refractivity contribution in [1.82, 2.24) is 0 Å². The predicted molar refractivity (Wildman–Crippen MR) is 176 cm³/mol. The minimum absolute atomic E-state index is 0.0193. The van der Waals surface area contributed by atoms with Crippen LogP contribution in [0.3, 0.4) is 0 Å². The van der Waals surface area contributed by atoms with Gasteiger partial charge < -0.3 is 0 Å². The molecule has 1 atom stereocenters. The van der Waals surface area contributed by atoms with Crippen LogP contribution in [-0.2, 0) is 0 Å². The highest BCUT2D eigenvalue weighted by Crippen LogP contribution is 2.46. The zero-order chi connectivity index (χ0) is 27.0. The first kappa shape index (κ1) is 28.0. The van der Waals surface area contributed by atoms with Gasteiger partial charge in [0.25, 0.3) is 0 Å². The van der Waals surface area contributed by atoms with E-state index in [4.69, 9.17) is 23.2 Å². The summed E-state index contributed by atoms with van der Waals surface area (Å²) in [4.78, 5) is 9.81. The Kier molecular flexibility index (Phi) is 8.76. The molecule has 194 valence electrons. The molecule has 4 aromatic heterocycles. The van der Waals surface area contributed by atoms with E-state index in [-0.39, 0.29) is 4.71 Å². The maximum atomic E-state index is 9.88. The van der Waals surface area contributed by atoms with Crippen LogP contribution >= 0.6 is 80.3 Å². The Morgan fingerprint density at radius 2 is 1.71 bits per heavy atom. The third-order valence-electron chi connectivity index (χ3n) is 6.34. The lowest BCUT2D eigenvalue weighted by molar-refractivity contribution is 1.19. The summed E-state index contributed by atoms with van der Waals surface area (Å²) >= 11 is 21.1. The van der Waals surface area contributed by atoms with Crippen LogP contribution < -0.4 is 0 Å². The number of hydrogen-bond acceptors (Lipinski definition) is 6. The molecule has 0 spiro atoms. The van der Waals surface area contributed by atoms with Crippen LogP contribution in [-0.4, -0.2) is 4.71 Å². The average molecular weight is 631 g/mol. The number of allylic oxidation sites excluding steroid dienone is 4. The number of hydrogen-bond donors (Lipinski definition) is 0. The van der Waals surface area contributed by atoms with Crippen molar-refractivity contribution < 1.29 is 0 Å². The number of aryl methyl sites for hydroxylation is 2. The van der Waals surface area contributed by atoms with Crippen molar-refractivity contribution in [2.75, 3.05) is 0 Å². The van der Waals surface area contributed by atoms with Crippen LogP contribution in [0.2, 0.25) is 4.34 Å². The Morgan fingerprint density at radius 3 is 2.32 bits per heavy atom. The third kappa shape index (κ3) is 5.81. The molecule has 0 N–H and O–H groups in total. The molecule has 1 unspecified atom stereocenters. The molecule has 1 aliphatic heterocycles. The zero-order valence-electron chi connectivity index (χ0n) is 21.4. The number of nitrogens with zero attached hydrogens (tertiary/aromatic N) is 1. The van der Waals surface area contributed by atoms with Crippen molar-refractivity contribution in [3.63, 3.8) is 0 Å². The van der Waals surface area contributed by atoms with Crippen molar-refractivity contribution in [3.8, 4) is 25.6 Å². The lowest BCUT2D eigenvalue weighted by Crippen LogP contribution is -1.87. The van der Waals surface area contributed by atoms with E-state index in [1.54, 1.807) is 34.4 Å². The first-order valence-corrected chi connectivity index (χ1v) is 17.1. The fourth-order valence-corrected chi connectivity index (χ4v) is 10.5. The van der Waals surface area contributed by atoms with Gasteiger partial charge in [-0.15, -0.1) is 68.7 Å². The molecule has 5 heterocycles. The highest BCUT2D eigenvalue weighted by atomic mass is 35.5. The minimum atomic E-state index is 0.0193. The first-order valence-electron chi connectivity index (χ1n) is 12.2. The van der Waals surface area contributed by atoms with Gasteiger partial charge in [-0.1, -0.05) is 24.6 Å². The molecule has 1 nitrogen and oxygen atoms in total. The molecule has 4 aromatic rings. The molecule has 0 bridgehead atoms. The summed E-state index contributed by atoms with van der Waals surface area (Å²) in [5, 5.41) is 9.88. The number of thiophene rings is 4. The van der Waals surface area contributed by atoms with Gasteiger partial charge in [-0.25, -0.2) is 0 Å². The van der Waals surface area contributed by atoms with Crippen LogP contribution in [0.15, 0.2) is 53.0 Å². The molecule has 0 fully saturated rings. The standard InChI is InChI=1S/C30H25Cl2NS5/c1-5-19(22-8-10-27(31)36-22)14-20-12-16(2)29(34-20)24-6-7-25(35-24)30-17(3)13-26(38-30)18(4)21(15-33)23-9-11-28(32)37-23/h6-10,12-14,28H,5,11H2,1-4H3/b19-14+,21-18+. The molecule has 0 saturated carbocycles. The van der Waals surface area contributed by atoms with Crippen molar-refractivity contribution in [2.45, 2.75) is 45.2 Å². The highest BCUT2D eigenvalue weighted by molar-refractivity contribution is 8.05. The SMILES string of the molecule is CC/C(=C\c1cc(C)c(-c2ccc(-c3sc(/C(C)=C(\C#N)C4=CCC(Cl)S4)cc3C)s2)s1)c1ccc(Cl)s1. The first-order chi connectivity index (χ1) is 18.3. The Hall–Kier alpha value is -1.56. The van der Waals surface area contributed by atoms with Gasteiger partial charge in [0.05, 0.1) is 14.6 Å². The second-order valence-corrected chi connectivity index (χ2v) is 16.0. The van der Waals surface area contributed by atoms with E-state index in [0.29, 0.717) is 0 Å². The smallest absolute Gasteiger partial charge is 0.101 e. The zero-order valence-corrected chi connectivity index (χ0v) is 26.9. The maximum Gasteiger partial charge on any atom is 0.101 e. The Labute approximate surface area is 254 Å². The molecule has 8 heteroatoms. The molecular formula is C30H25Cl2NS5. The normalized spacial score (nSPS) is 16.5. The lowest BCUT2D eigenvalue weighted by atomic mass is 10.1. The van der Waals surface area contributed by atoms with Gasteiger partial charge in [0, 0.05) is 39.0 Å². The number of nitriles is 1. The van der Waals surface area contributed by atoms with Crippen LogP contribution in [0.5, 0.6) is 0 Å². The van der Waals surface area contributed by atoms with Crippen LogP contribution in [0.25, 0.3) is 36.7 Å². The molecule has 0 aliphatic carbocycles. The van der Waals surface area contributed by atoms with E-state index in [0.717, 1.165) is 38.1 Å². The molecule has 0 amide bonds. The van der Waals surface area contributed by atoms with Crippen LogP contribution in [0.1, 0.15) is 52.4 Å². The fraction of sp³-hybridized carbons (Fsp3) is 0.233. The number of alkyl halides is 1. The van der Waals surface area contributed by atoms with Gasteiger partial charge in [0.15, 0.2) is 0 Å². The molecule has 0 saturated heterocycles. The van der Waals surface area contributed by atoms with E-state index in [2.05, 4.69) is 76.2 Å². The van der Waals surface area contributed by atoms with E-state index < -0.39 is 0 Å². The molecule has 38 heavy (non-hydrogen) atoms. The van der Waals surface area contributed by atoms with Crippen molar-refractivity contribution in [3.05, 3.63) is 83.0 Å².